The zero-order chi connectivity index (χ0) is 20.5. The van der Waals surface area contributed by atoms with Crippen molar-refractivity contribution >= 4 is 39.6 Å². The molecule has 29 heavy (non-hydrogen) atoms. The zero-order valence-corrected chi connectivity index (χ0v) is 16.7. The van der Waals surface area contributed by atoms with Crippen molar-refractivity contribution in [3.05, 3.63) is 41.2 Å². The van der Waals surface area contributed by atoms with Crippen LogP contribution in [0.1, 0.15) is 23.7 Å². The third-order valence-corrected chi connectivity index (χ3v) is 4.97. The van der Waals surface area contributed by atoms with Crippen LogP contribution in [-0.2, 0) is 7.05 Å². The largest absolute Gasteiger partial charge is 0.352 e. The highest BCUT2D eigenvalue weighted by Crippen LogP contribution is 2.29. The van der Waals surface area contributed by atoms with E-state index in [2.05, 4.69) is 31.4 Å². The van der Waals surface area contributed by atoms with Crippen LogP contribution in [0, 0.1) is 17.2 Å². The molecule has 0 saturated carbocycles. The molecule has 146 valence electrons. The Kier molecular flexibility index (Phi) is 4.91. The minimum atomic E-state index is -0.259. The predicted octanol–water partition coefficient (Wildman–Crippen LogP) is 3.44. The molecule has 8 nitrogen and oxygen atoms in total. The number of nitrogens with zero attached hydrogens (tertiary/aromatic N) is 5. The molecule has 4 aromatic rings. The second-order valence-corrected chi connectivity index (χ2v) is 7.40. The summed E-state index contributed by atoms with van der Waals surface area (Å²) >= 11 is 6.10. The molecule has 2 N–H and O–H groups in total. The lowest BCUT2D eigenvalue weighted by molar-refractivity contribution is 0.0950. The van der Waals surface area contributed by atoms with E-state index >= 15 is 0 Å². The van der Waals surface area contributed by atoms with Gasteiger partial charge in [-0.1, -0.05) is 18.5 Å². The van der Waals surface area contributed by atoms with Crippen LogP contribution in [-0.4, -0.2) is 37.2 Å². The average molecular weight is 408 g/mol. The summed E-state index contributed by atoms with van der Waals surface area (Å²) in [6.07, 6.45) is 3.61. The van der Waals surface area contributed by atoms with Crippen LogP contribution in [0.5, 0.6) is 0 Å². The Bertz CT molecular complexity index is 1270. The predicted molar refractivity (Wildman–Crippen MR) is 110 cm³/mol. The number of fused-ring (bicyclic) bond motifs is 2. The second kappa shape index (κ2) is 7.53. The van der Waals surface area contributed by atoms with Crippen molar-refractivity contribution in [3.8, 4) is 17.5 Å². The molecule has 3 aromatic heterocycles. The summed E-state index contributed by atoms with van der Waals surface area (Å²) in [5.74, 6) is -0.187. The molecule has 1 aromatic carbocycles. The number of carbonyl (C=O) groups is 1. The average Bonchev–Trinajstić information content (AvgIpc) is 3.27. The summed E-state index contributed by atoms with van der Waals surface area (Å²) in [5, 5.41) is 17.7. The van der Waals surface area contributed by atoms with E-state index in [0.717, 1.165) is 10.9 Å². The van der Waals surface area contributed by atoms with Crippen molar-refractivity contribution in [2.24, 2.45) is 13.0 Å². The molecule has 0 fully saturated rings. The Morgan fingerprint density at radius 3 is 3.07 bits per heavy atom. The van der Waals surface area contributed by atoms with Crippen molar-refractivity contribution in [3.63, 3.8) is 0 Å². The number of halogens is 1. The molecule has 9 heteroatoms. The lowest BCUT2D eigenvalue weighted by Crippen LogP contribution is -2.28. The van der Waals surface area contributed by atoms with Crippen molar-refractivity contribution in [1.29, 1.82) is 5.26 Å². The number of benzene rings is 1. The molecule has 0 saturated heterocycles. The molecule has 0 bridgehead atoms. The monoisotopic (exact) mass is 407 g/mol. The van der Waals surface area contributed by atoms with Crippen molar-refractivity contribution in [2.75, 3.05) is 6.54 Å². The summed E-state index contributed by atoms with van der Waals surface area (Å²) in [4.78, 5) is 24.7. The Hall–Kier alpha value is -3.44. The van der Waals surface area contributed by atoms with E-state index in [-0.39, 0.29) is 11.8 Å². The smallest absolute Gasteiger partial charge is 0.255 e. The first kappa shape index (κ1) is 18.9. The maximum Gasteiger partial charge on any atom is 0.255 e. The molecular formula is C20H18ClN7O. The molecule has 1 amide bonds. The minimum absolute atomic E-state index is 0.0718. The van der Waals surface area contributed by atoms with Gasteiger partial charge in [-0.05, 0) is 24.1 Å². The van der Waals surface area contributed by atoms with E-state index < -0.39 is 0 Å². The number of H-pyrrole nitrogens is 1. The standard InChI is InChI=1S/C20H18ClN7O/c1-11(5-6-22)8-25-20(29)14-9-23-19-18(14)26-15(10-24-19)17-13-4-3-12(21)7-16(13)28(2)27-17/h3-4,7,9-11H,5,8H2,1-2H3,(H,23,24)(H,25,29)/t11-/m0/s1. The lowest BCUT2D eigenvalue weighted by Gasteiger charge is -2.08. The van der Waals surface area contributed by atoms with Gasteiger partial charge in [0.15, 0.2) is 5.65 Å². The van der Waals surface area contributed by atoms with Crippen molar-refractivity contribution < 1.29 is 4.79 Å². The number of hydrogen-bond acceptors (Lipinski definition) is 5. The quantitative estimate of drug-likeness (QED) is 0.526. The van der Waals surface area contributed by atoms with E-state index in [1.807, 2.05) is 26.1 Å². The maximum atomic E-state index is 12.6. The highest BCUT2D eigenvalue weighted by molar-refractivity contribution is 6.31. The van der Waals surface area contributed by atoms with Gasteiger partial charge in [-0.25, -0.2) is 9.97 Å². The van der Waals surface area contributed by atoms with Gasteiger partial charge in [0.25, 0.3) is 5.91 Å². The van der Waals surface area contributed by atoms with Gasteiger partial charge in [0.2, 0.25) is 0 Å². The third-order valence-electron chi connectivity index (χ3n) is 4.73. The molecule has 0 spiro atoms. The van der Waals surface area contributed by atoms with Crippen molar-refractivity contribution in [1.82, 2.24) is 30.0 Å². The normalized spacial score (nSPS) is 12.2. The molecule has 1 atom stereocenters. The van der Waals surface area contributed by atoms with Gasteiger partial charge in [-0.2, -0.15) is 10.4 Å². The Balaban J connectivity index is 1.71. The maximum absolute atomic E-state index is 12.6. The topological polar surface area (TPSA) is 112 Å². The van der Waals surface area contributed by atoms with E-state index in [1.54, 1.807) is 23.1 Å². The van der Waals surface area contributed by atoms with Crippen molar-refractivity contribution in [2.45, 2.75) is 13.3 Å². The molecule has 0 aliphatic heterocycles. The summed E-state index contributed by atoms with van der Waals surface area (Å²) in [6.45, 7) is 2.33. The Labute approximate surface area is 171 Å². The van der Waals surface area contributed by atoms with Crippen LogP contribution in [0.2, 0.25) is 5.02 Å². The van der Waals surface area contributed by atoms with Gasteiger partial charge in [0, 0.05) is 36.6 Å². The summed E-state index contributed by atoms with van der Waals surface area (Å²) in [5.41, 5.74) is 3.52. The van der Waals surface area contributed by atoms with Crippen LogP contribution >= 0.6 is 11.6 Å². The Morgan fingerprint density at radius 1 is 1.45 bits per heavy atom. The van der Waals surface area contributed by atoms with Gasteiger partial charge < -0.3 is 10.3 Å². The molecular weight excluding hydrogens is 390 g/mol. The van der Waals surface area contributed by atoms with Gasteiger partial charge in [-0.3, -0.25) is 9.48 Å². The van der Waals surface area contributed by atoms with E-state index in [0.29, 0.717) is 46.1 Å². The fourth-order valence-electron chi connectivity index (χ4n) is 3.19. The zero-order valence-electron chi connectivity index (χ0n) is 15.9. The first-order chi connectivity index (χ1) is 14.0. The SMILES string of the molecule is C[C@@H](CC#N)CNC(=O)c1c[nH]c2ncc(-c3nn(C)c4cc(Cl)ccc34)nc12. The summed E-state index contributed by atoms with van der Waals surface area (Å²) in [7, 11) is 1.84. The van der Waals surface area contributed by atoms with E-state index in [1.165, 1.54) is 0 Å². The molecule has 0 radical (unpaired) electrons. The van der Waals surface area contributed by atoms with Crippen LogP contribution in [0.25, 0.3) is 33.5 Å². The van der Waals surface area contributed by atoms with Crippen LogP contribution < -0.4 is 5.32 Å². The number of aryl methyl sites for hydroxylation is 1. The van der Waals surface area contributed by atoms with Gasteiger partial charge in [-0.15, -0.1) is 0 Å². The molecule has 0 aliphatic rings. The number of carbonyl (C=O) groups excluding carboxylic acids is 1. The highest BCUT2D eigenvalue weighted by Gasteiger charge is 2.18. The van der Waals surface area contributed by atoms with Gasteiger partial charge in [0.05, 0.1) is 23.3 Å². The Morgan fingerprint density at radius 2 is 2.28 bits per heavy atom. The van der Waals surface area contributed by atoms with Gasteiger partial charge >= 0.3 is 0 Å². The molecule has 0 unspecified atom stereocenters. The minimum Gasteiger partial charge on any atom is -0.352 e. The molecule has 4 rings (SSSR count). The number of aromatic nitrogens is 5. The number of nitriles is 1. The first-order valence-electron chi connectivity index (χ1n) is 9.10. The number of hydrogen-bond donors (Lipinski definition) is 2. The number of nitrogens with one attached hydrogen (secondary N) is 2. The van der Waals surface area contributed by atoms with Gasteiger partial charge in [0.1, 0.15) is 16.9 Å². The molecule has 3 heterocycles. The highest BCUT2D eigenvalue weighted by atomic mass is 35.5. The van der Waals surface area contributed by atoms with Crippen LogP contribution in [0.4, 0.5) is 0 Å². The second-order valence-electron chi connectivity index (χ2n) is 6.97. The number of amides is 1. The van der Waals surface area contributed by atoms with E-state index in [9.17, 15) is 4.79 Å². The van der Waals surface area contributed by atoms with Crippen LogP contribution in [0.15, 0.2) is 30.6 Å². The summed E-state index contributed by atoms with van der Waals surface area (Å²) < 4.78 is 1.74. The number of rotatable bonds is 5. The number of aromatic amines is 1. The van der Waals surface area contributed by atoms with Crippen LogP contribution in [0.3, 0.4) is 0 Å². The lowest BCUT2D eigenvalue weighted by atomic mass is 10.1. The molecule has 0 aliphatic carbocycles. The third kappa shape index (κ3) is 3.52. The summed E-state index contributed by atoms with van der Waals surface area (Å²) in [6, 6.07) is 7.65. The fourth-order valence-corrected chi connectivity index (χ4v) is 3.35. The fraction of sp³-hybridized carbons (Fsp3) is 0.250. The first-order valence-corrected chi connectivity index (χ1v) is 9.47. The van der Waals surface area contributed by atoms with E-state index in [4.69, 9.17) is 16.9 Å².